The fourth-order valence-electron chi connectivity index (χ4n) is 3.28. The Kier molecular flexibility index (Phi) is 6.08. The van der Waals surface area contributed by atoms with Gasteiger partial charge in [0, 0.05) is 37.9 Å². The van der Waals surface area contributed by atoms with Crippen molar-refractivity contribution in [1.29, 1.82) is 0 Å². The molecule has 0 fully saturated rings. The van der Waals surface area contributed by atoms with E-state index in [0.717, 1.165) is 43.4 Å². The van der Waals surface area contributed by atoms with Gasteiger partial charge in [-0.3, -0.25) is 9.39 Å². The quantitative estimate of drug-likeness (QED) is 0.368. The molecule has 1 N–H and O–H groups in total. The van der Waals surface area contributed by atoms with Gasteiger partial charge < -0.3 is 10.2 Å². The average Bonchev–Trinajstić information content (AvgIpc) is 3.25. The van der Waals surface area contributed by atoms with E-state index < -0.39 is 0 Å². The van der Waals surface area contributed by atoms with E-state index in [-0.39, 0.29) is 24.0 Å². The number of para-hydroxylation sites is 1. The Morgan fingerprint density at radius 2 is 2.00 bits per heavy atom. The maximum Gasteiger partial charge on any atom is 0.198 e. The van der Waals surface area contributed by atoms with Crippen molar-refractivity contribution in [3.63, 3.8) is 0 Å². The molecule has 0 unspecified atom stereocenters. The first-order valence-electron chi connectivity index (χ1n) is 8.79. The first-order chi connectivity index (χ1) is 12.4. The second kappa shape index (κ2) is 8.48. The highest BCUT2D eigenvalue weighted by Gasteiger charge is 2.22. The van der Waals surface area contributed by atoms with Gasteiger partial charge in [-0.2, -0.15) is 0 Å². The molecule has 0 atom stereocenters. The Bertz CT molecular complexity index is 904. The van der Waals surface area contributed by atoms with Crippen LogP contribution in [0.3, 0.4) is 0 Å². The third-order valence-corrected chi connectivity index (χ3v) is 4.46. The number of hydrogen-bond acceptors (Lipinski definition) is 3. The summed E-state index contributed by atoms with van der Waals surface area (Å²) in [6.45, 7) is 4.60. The summed E-state index contributed by atoms with van der Waals surface area (Å²) in [6, 6.07) is 14.5. The molecule has 136 valence electrons. The van der Waals surface area contributed by atoms with Gasteiger partial charge in [-0.05, 0) is 37.1 Å². The van der Waals surface area contributed by atoms with Gasteiger partial charge in [-0.15, -0.1) is 34.2 Å². The lowest BCUT2D eigenvalue weighted by molar-refractivity contribution is 0.826. The fraction of sp³-hybridized carbons (Fsp3) is 0.316. The third-order valence-electron chi connectivity index (χ3n) is 4.46. The number of pyridine rings is 1. The molecule has 0 radical (unpaired) electrons. The Hall–Kier alpha value is -2.16. The zero-order chi connectivity index (χ0) is 17.1. The summed E-state index contributed by atoms with van der Waals surface area (Å²) in [5.74, 6) is 1.89. The van der Waals surface area contributed by atoms with Crippen molar-refractivity contribution in [2.45, 2.75) is 19.8 Å². The molecular weight excluding hydrogens is 439 g/mol. The van der Waals surface area contributed by atoms with Crippen molar-refractivity contribution in [1.82, 2.24) is 19.9 Å². The molecule has 6 nitrogen and oxygen atoms in total. The van der Waals surface area contributed by atoms with Crippen LogP contribution in [0.15, 0.2) is 53.7 Å². The van der Waals surface area contributed by atoms with Gasteiger partial charge in [-0.25, -0.2) is 0 Å². The maximum atomic E-state index is 4.83. The van der Waals surface area contributed by atoms with E-state index in [1.54, 1.807) is 0 Å². The zero-order valence-electron chi connectivity index (χ0n) is 14.8. The smallest absolute Gasteiger partial charge is 0.198 e. The number of rotatable bonds is 4. The SMILES string of the molecule is CCNC(=NCCc1nnc2ccccn12)N1CCc2ccccc21.I. The van der Waals surface area contributed by atoms with Crippen molar-refractivity contribution in [3.8, 4) is 0 Å². The number of fused-ring (bicyclic) bond motifs is 2. The molecule has 0 saturated heterocycles. The van der Waals surface area contributed by atoms with Crippen molar-refractivity contribution >= 4 is 41.3 Å². The molecule has 4 rings (SSSR count). The van der Waals surface area contributed by atoms with Gasteiger partial charge in [0.2, 0.25) is 0 Å². The number of nitrogens with one attached hydrogen (secondary N) is 1. The number of aromatic nitrogens is 3. The van der Waals surface area contributed by atoms with Crippen LogP contribution < -0.4 is 10.2 Å². The predicted octanol–water partition coefficient (Wildman–Crippen LogP) is 2.92. The summed E-state index contributed by atoms with van der Waals surface area (Å²) in [5, 5.41) is 11.9. The largest absolute Gasteiger partial charge is 0.356 e. The summed E-state index contributed by atoms with van der Waals surface area (Å²) in [4.78, 5) is 7.10. The standard InChI is InChI=1S/C19H22N6.HI/c1-2-20-19(24-14-11-15-7-3-4-8-16(15)24)21-12-10-18-23-22-17-9-5-6-13-25(17)18;/h3-9,13H,2,10-12,14H2,1H3,(H,20,21);1H. The van der Waals surface area contributed by atoms with Gasteiger partial charge in [0.25, 0.3) is 0 Å². The molecule has 1 aromatic carbocycles. The number of nitrogens with zero attached hydrogens (tertiary/aromatic N) is 5. The maximum absolute atomic E-state index is 4.83. The number of hydrogen-bond donors (Lipinski definition) is 1. The third kappa shape index (κ3) is 3.67. The van der Waals surface area contributed by atoms with E-state index in [1.807, 2.05) is 28.8 Å². The van der Waals surface area contributed by atoms with Crippen LogP contribution in [0, 0.1) is 0 Å². The molecule has 0 saturated carbocycles. The second-order valence-electron chi connectivity index (χ2n) is 6.06. The lowest BCUT2D eigenvalue weighted by atomic mass is 10.2. The number of aliphatic imine (C=N–C) groups is 1. The number of guanidine groups is 1. The number of benzene rings is 1. The topological polar surface area (TPSA) is 57.8 Å². The van der Waals surface area contributed by atoms with Crippen LogP contribution >= 0.6 is 24.0 Å². The molecule has 3 aromatic rings. The summed E-state index contributed by atoms with van der Waals surface area (Å²) < 4.78 is 2.02. The van der Waals surface area contributed by atoms with Crippen molar-refractivity contribution in [2.75, 3.05) is 24.5 Å². The Labute approximate surface area is 170 Å². The van der Waals surface area contributed by atoms with Crippen LogP contribution in [0.1, 0.15) is 18.3 Å². The van der Waals surface area contributed by atoms with E-state index in [4.69, 9.17) is 4.99 Å². The van der Waals surface area contributed by atoms with Gasteiger partial charge in [0.15, 0.2) is 11.6 Å². The number of halogens is 1. The van der Waals surface area contributed by atoms with Crippen LogP contribution in [0.4, 0.5) is 5.69 Å². The molecule has 2 aromatic heterocycles. The number of anilines is 1. The van der Waals surface area contributed by atoms with E-state index in [0.29, 0.717) is 6.54 Å². The minimum atomic E-state index is 0. The highest BCUT2D eigenvalue weighted by molar-refractivity contribution is 14.0. The summed E-state index contributed by atoms with van der Waals surface area (Å²) in [6.07, 6.45) is 3.82. The van der Waals surface area contributed by atoms with E-state index >= 15 is 0 Å². The van der Waals surface area contributed by atoms with Crippen LogP contribution in [0.2, 0.25) is 0 Å². The van der Waals surface area contributed by atoms with Gasteiger partial charge in [0.05, 0.1) is 0 Å². The summed E-state index contributed by atoms with van der Waals surface area (Å²) >= 11 is 0. The molecule has 0 aliphatic carbocycles. The molecule has 26 heavy (non-hydrogen) atoms. The molecule has 3 heterocycles. The molecule has 1 aliphatic rings. The van der Waals surface area contributed by atoms with E-state index in [1.165, 1.54) is 11.3 Å². The van der Waals surface area contributed by atoms with Gasteiger partial charge in [0.1, 0.15) is 5.82 Å². The molecular formula is C19H23IN6. The molecule has 0 bridgehead atoms. The Morgan fingerprint density at radius 3 is 2.88 bits per heavy atom. The van der Waals surface area contributed by atoms with Crippen molar-refractivity contribution < 1.29 is 0 Å². The molecule has 0 spiro atoms. The van der Waals surface area contributed by atoms with Crippen molar-refractivity contribution in [2.24, 2.45) is 4.99 Å². The summed E-state index contributed by atoms with van der Waals surface area (Å²) in [5.41, 5.74) is 3.52. The van der Waals surface area contributed by atoms with Crippen LogP contribution in [0.25, 0.3) is 5.65 Å². The zero-order valence-corrected chi connectivity index (χ0v) is 17.1. The van der Waals surface area contributed by atoms with E-state index in [9.17, 15) is 0 Å². The highest BCUT2D eigenvalue weighted by Crippen LogP contribution is 2.27. The first kappa shape index (κ1) is 18.6. The lowest BCUT2D eigenvalue weighted by Crippen LogP contribution is -2.40. The van der Waals surface area contributed by atoms with E-state index in [2.05, 4.69) is 51.6 Å². The van der Waals surface area contributed by atoms with Gasteiger partial charge >= 0.3 is 0 Å². The predicted molar refractivity (Wildman–Crippen MR) is 116 cm³/mol. The first-order valence-corrected chi connectivity index (χ1v) is 8.79. The van der Waals surface area contributed by atoms with Gasteiger partial charge in [-0.1, -0.05) is 24.3 Å². The monoisotopic (exact) mass is 462 g/mol. The molecule has 1 aliphatic heterocycles. The Balaban J connectivity index is 0.00000196. The minimum absolute atomic E-state index is 0. The Morgan fingerprint density at radius 1 is 1.15 bits per heavy atom. The lowest BCUT2D eigenvalue weighted by Gasteiger charge is -2.22. The summed E-state index contributed by atoms with van der Waals surface area (Å²) in [7, 11) is 0. The normalized spacial score (nSPS) is 13.6. The minimum Gasteiger partial charge on any atom is -0.356 e. The fourth-order valence-corrected chi connectivity index (χ4v) is 3.28. The van der Waals surface area contributed by atoms with Crippen LogP contribution in [-0.2, 0) is 12.8 Å². The van der Waals surface area contributed by atoms with Crippen LogP contribution in [-0.4, -0.2) is 40.2 Å². The van der Waals surface area contributed by atoms with Crippen LogP contribution in [0.5, 0.6) is 0 Å². The second-order valence-corrected chi connectivity index (χ2v) is 6.06. The highest BCUT2D eigenvalue weighted by atomic mass is 127. The molecule has 7 heteroatoms. The average molecular weight is 462 g/mol. The van der Waals surface area contributed by atoms with Crippen molar-refractivity contribution in [3.05, 3.63) is 60.0 Å². The molecule has 0 amide bonds.